The Morgan fingerprint density at radius 1 is 1.12 bits per heavy atom. The van der Waals surface area contributed by atoms with E-state index in [9.17, 15) is 9.59 Å². The van der Waals surface area contributed by atoms with Crippen LogP contribution in [-0.2, 0) is 6.54 Å². The number of nitrogens with zero attached hydrogens (tertiary/aromatic N) is 1. The maximum absolute atomic E-state index is 13.4. The van der Waals surface area contributed by atoms with Crippen LogP contribution in [0.1, 0.15) is 48.8 Å². The molecule has 2 amide bonds. The van der Waals surface area contributed by atoms with Crippen molar-refractivity contribution in [2.75, 3.05) is 12.4 Å². The number of anilines is 1. The van der Waals surface area contributed by atoms with Crippen LogP contribution in [0.2, 0.25) is 0 Å². The van der Waals surface area contributed by atoms with Crippen molar-refractivity contribution in [3.63, 3.8) is 0 Å². The molecule has 6 heteroatoms. The zero-order valence-corrected chi connectivity index (χ0v) is 19.0. The van der Waals surface area contributed by atoms with Crippen LogP contribution in [0.3, 0.4) is 0 Å². The zero-order valence-electron chi connectivity index (χ0n) is 19.0. The molecular formula is C26H31N3O3. The lowest BCUT2D eigenvalue weighted by molar-refractivity contribution is 0.162. The van der Waals surface area contributed by atoms with E-state index in [-0.39, 0.29) is 24.2 Å². The van der Waals surface area contributed by atoms with E-state index < -0.39 is 0 Å². The lowest BCUT2D eigenvalue weighted by Crippen LogP contribution is -2.44. The Hall–Kier alpha value is -3.28. The molecule has 0 radical (unpaired) electrons. The third-order valence-electron chi connectivity index (χ3n) is 6.34. The van der Waals surface area contributed by atoms with Gasteiger partial charge in [-0.3, -0.25) is 4.79 Å². The summed E-state index contributed by atoms with van der Waals surface area (Å²) < 4.78 is 5.39. The molecule has 1 aromatic heterocycles. The Kier molecular flexibility index (Phi) is 6.49. The number of carbonyl (C=O) groups excluding carboxylic acids is 1. The van der Waals surface area contributed by atoms with Gasteiger partial charge in [0.2, 0.25) is 0 Å². The monoisotopic (exact) mass is 433 g/mol. The number of pyridine rings is 1. The van der Waals surface area contributed by atoms with Crippen molar-refractivity contribution in [1.82, 2.24) is 9.88 Å². The highest BCUT2D eigenvalue weighted by atomic mass is 16.5. The summed E-state index contributed by atoms with van der Waals surface area (Å²) in [5, 5.41) is 4.00. The molecule has 0 aliphatic heterocycles. The van der Waals surface area contributed by atoms with Crippen LogP contribution in [-0.4, -0.2) is 29.1 Å². The van der Waals surface area contributed by atoms with Crippen LogP contribution >= 0.6 is 0 Å². The number of benzene rings is 2. The first-order valence-corrected chi connectivity index (χ1v) is 11.3. The van der Waals surface area contributed by atoms with Gasteiger partial charge in [0.1, 0.15) is 5.75 Å². The number of aromatic amines is 1. The fourth-order valence-electron chi connectivity index (χ4n) is 4.73. The molecule has 1 saturated carbocycles. The van der Waals surface area contributed by atoms with Crippen molar-refractivity contribution < 1.29 is 9.53 Å². The molecule has 0 spiro atoms. The molecule has 1 aliphatic rings. The molecule has 168 valence electrons. The van der Waals surface area contributed by atoms with Crippen LogP contribution in [0.25, 0.3) is 10.9 Å². The summed E-state index contributed by atoms with van der Waals surface area (Å²) in [5.74, 6) is 0.610. The molecule has 1 fully saturated rings. The van der Waals surface area contributed by atoms with E-state index in [0.29, 0.717) is 17.0 Å². The molecule has 2 aromatic carbocycles. The molecule has 3 aromatic rings. The molecule has 0 atom stereocenters. The number of nitrogens with one attached hydrogen (secondary N) is 2. The fraction of sp³-hybridized carbons (Fsp3) is 0.385. The van der Waals surface area contributed by atoms with Gasteiger partial charge in [-0.25, -0.2) is 4.79 Å². The Balaban J connectivity index is 1.67. The van der Waals surface area contributed by atoms with Gasteiger partial charge >= 0.3 is 6.03 Å². The maximum Gasteiger partial charge on any atom is 0.322 e. The normalized spacial score (nSPS) is 14.3. The number of para-hydroxylation sites is 2. The summed E-state index contributed by atoms with van der Waals surface area (Å²) in [6, 6.07) is 13.3. The number of rotatable bonds is 5. The van der Waals surface area contributed by atoms with Crippen LogP contribution in [0.5, 0.6) is 5.75 Å². The van der Waals surface area contributed by atoms with Crippen LogP contribution in [0.15, 0.2) is 47.3 Å². The van der Waals surface area contributed by atoms with Gasteiger partial charge in [0.25, 0.3) is 5.56 Å². The summed E-state index contributed by atoms with van der Waals surface area (Å²) in [7, 11) is 1.59. The zero-order chi connectivity index (χ0) is 22.7. The van der Waals surface area contributed by atoms with E-state index in [4.69, 9.17) is 4.74 Å². The Morgan fingerprint density at radius 2 is 1.88 bits per heavy atom. The summed E-state index contributed by atoms with van der Waals surface area (Å²) >= 11 is 0. The number of hydrogen-bond donors (Lipinski definition) is 2. The SMILES string of the molecule is COc1ccccc1NC(=O)N(Cc1cc2cc(C)cc(C)c2[nH]c1=O)C1CCCCC1. The van der Waals surface area contributed by atoms with E-state index in [1.165, 1.54) is 6.42 Å². The van der Waals surface area contributed by atoms with Crippen molar-refractivity contribution in [2.24, 2.45) is 0 Å². The minimum Gasteiger partial charge on any atom is -0.495 e. The predicted molar refractivity (Wildman–Crippen MR) is 128 cm³/mol. The average Bonchev–Trinajstić information content (AvgIpc) is 2.79. The molecule has 0 unspecified atom stereocenters. The molecule has 1 heterocycles. The number of fused-ring (bicyclic) bond motifs is 1. The molecule has 1 aliphatic carbocycles. The Morgan fingerprint density at radius 3 is 2.62 bits per heavy atom. The number of amides is 2. The summed E-state index contributed by atoms with van der Waals surface area (Å²) in [5.41, 5.74) is 4.12. The lowest BCUT2D eigenvalue weighted by atomic mass is 9.94. The average molecular weight is 434 g/mol. The van der Waals surface area contributed by atoms with Gasteiger partial charge in [-0.1, -0.05) is 43.0 Å². The summed E-state index contributed by atoms with van der Waals surface area (Å²) in [4.78, 5) is 31.2. The first kappa shape index (κ1) is 21.9. The minimum atomic E-state index is -0.207. The van der Waals surface area contributed by atoms with Gasteiger partial charge in [-0.05, 0) is 61.9 Å². The molecular weight excluding hydrogens is 402 g/mol. The van der Waals surface area contributed by atoms with Crippen LogP contribution < -0.4 is 15.6 Å². The Bertz CT molecular complexity index is 1180. The fourth-order valence-corrected chi connectivity index (χ4v) is 4.73. The van der Waals surface area contributed by atoms with E-state index in [1.54, 1.807) is 7.11 Å². The van der Waals surface area contributed by atoms with Crippen molar-refractivity contribution in [2.45, 2.75) is 58.5 Å². The largest absolute Gasteiger partial charge is 0.495 e. The van der Waals surface area contributed by atoms with Gasteiger partial charge in [-0.2, -0.15) is 0 Å². The van der Waals surface area contributed by atoms with Crippen molar-refractivity contribution in [3.8, 4) is 5.75 Å². The summed E-state index contributed by atoms with van der Waals surface area (Å²) in [6.45, 7) is 4.32. The first-order chi connectivity index (χ1) is 15.5. The molecule has 0 bridgehead atoms. The number of carbonyl (C=O) groups is 1. The standard InChI is InChI=1S/C26H31N3O3/c1-17-13-18(2)24-19(14-17)15-20(25(30)28-24)16-29(21-9-5-4-6-10-21)26(31)27-22-11-7-8-12-23(22)32-3/h7-8,11-15,21H,4-6,9-10,16H2,1-3H3,(H,27,31)(H,28,30). The smallest absolute Gasteiger partial charge is 0.322 e. The third-order valence-corrected chi connectivity index (χ3v) is 6.34. The lowest BCUT2D eigenvalue weighted by Gasteiger charge is -2.34. The van der Waals surface area contributed by atoms with E-state index in [1.807, 2.05) is 49.1 Å². The number of ether oxygens (including phenoxy) is 1. The molecule has 32 heavy (non-hydrogen) atoms. The van der Waals surface area contributed by atoms with Crippen LogP contribution in [0.4, 0.5) is 10.5 Å². The van der Waals surface area contributed by atoms with Gasteiger partial charge in [-0.15, -0.1) is 0 Å². The second-order valence-electron chi connectivity index (χ2n) is 8.72. The van der Waals surface area contributed by atoms with Crippen molar-refractivity contribution in [1.29, 1.82) is 0 Å². The predicted octanol–water partition coefficient (Wildman–Crippen LogP) is 5.52. The second kappa shape index (κ2) is 9.47. The molecule has 6 nitrogen and oxygen atoms in total. The second-order valence-corrected chi connectivity index (χ2v) is 8.72. The van der Waals surface area contributed by atoms with Gasteiger partial charge < -0.3 is 19.9 Å². The van der Waals surface area contributed by atoms with Crippen molar-refractivity contribution >= 4 is 22.6 Å². The minimum absolute atomic E-state index is 0.104. The van der Waals surface area contributed by atoms with E-state index in [2.05, 4.69) is 22.4 Å². The topological polar surface area (TPSA) is 74.4 Å². The third kappa shape index (κ3) is 4.64. The van der Waals surface area contributed by atoms with Gasteiger partial charge in [0.15, 0.2) is 0 Å². The highest BCUT2D eigenvalue weighted by Gasteiger charge is 2.27. The summed E-state index contributed by atoms with van der Waals surface area (Å²) in [6.07, 6.45) is 5.27. The number of aryl methyl sites for hydroxylation is 2. The number of hydrogen-bond acceptors (Lipinski definition) is 3. The van der Waals surface area contributed by atoms with Gasteiger partial charge in [0, 0.05) is 11.6 Å². The Labute approximate surface area is 188 Å². The van der Waals surface area contributed by atoms with Gasteiger partial charge in [0.05, 0.1) is 24.9 Å². The van der Waals surface area contributed by atoms with Crippen LogP contribution in [0, 0.1) is 13.8 Å². The number of aromatic nitrogens is 1. The quantitative estimate of drug-likeness (QED) is 0.556. The number of urea groups is 1. The highest BCUT2D eigenvalue weighted by molar-refractivity contribution is 5.91. The number of H-pyrrole nitrogens is 1. The van der Waals surface area contributed by atoms with E-state index >= 15 is 0 Å². The molecule has 2 N–H and O–H groups in total. The molecule has 0 saturated heterocycles. The molecule has 4 rings (SSSR count). The maximum atomic E-state index is 13.4. The first-order valence-electron chi connectivity index (χ1n) is 11.3. The highest BCUT2D eigenvalue weighted by Crippen LogP contribution is 2.28. The van der Waals surface area contributed by atoms with Crippen molar-refractivity contribution in [3.05, 3.63) is 69.5 Å². The van der Waals surface area contributed by atoms with E-state index in [0.717, 1.165) is 47.7 Å². The number of methoxy groups -OCH3 is 1.